The van der Waals surface area contributed by atoms with Gasteiger partial charge < -0.3 is 5.32 Å². The molecule has 0 unspecified atom stereocenters. The monoisotopic (exact) mass is 333 g/mol. The Hall–Kier alpha value is -0.440. The molecule has 1 aromatic rings. The molecule has 1 N–H and O–H groups in total. The van der Waals surface area contributed by atoms with Crippen molar-refractivity contribution in [3.05, 3.63) is 34.9 Å². The topological polar surface area (TPSA) is 29.1 Å². The third kappa shape index (κ3) is 2.32. The number of carbonyl (C=O) groups excluding carboxylic acids is 1. The molecule has 2 rings (SSSR count). The van der Waals surface area contributed by atoms with Crippen LogP contribution in [-0.2, 0) is 4.79 Å². The lowest BCUT2D eigenvalue weighted by Crippen LogP contribution is -2.36. The maximum atomic E-state index is 12.5. The third-order valence-corrected chi connectivity index (χ3v) is 6.06. The lowest BCUT2D eigenvalue weighted by Gasteiger charge is -2.20. The Morgan fingerprint density at radius 1 is 1.35 bits per heavy atom. The van der Waals surface area contributed by atoms with E-state index < -0.39 is 9.75 Å². The van der Waals surface area contributed by atoms with Crippen LogP contribution in [0.4, 0.5) is 0 Å². The SMILES string of the molecule is CC[C@]1(C(=O)N[C@@H](C)c2ccc(Cl)cc2)[C@@H](C)C1(Cl)Cl. The predicted molar refractivity (Wildman–Crippen MR) is 84.3 cm³/mol. The maximum Gasteiger partial charge on any atom is 0.230 e. The number of rotatable bonds is 4. The summed E-state index contributed by atoms with van der Waals surface area (Å²) in [5.74, 6) is -0.124. The first-order valence-electron chi connectivity index (χ1n) is 6.71. The maximum absolute atomic E-state index is 12.5. The van der Waals surface area contributed by atoms with Gasteiger partial charge in [-0.1, -0.05) is 37.6 Å². The zero-order valence-corrected chi connectivity index (χ0v) is 14.0. The van der Waals surface area contributed by atoms with Gasteiger partial charge in [0.25, 0.3) is 0 Å². The summed E-state index contributed by atoms with van der Waals surface area (Å²) < 4.78 is -0.967. The molecule has 3 atom stereocenters. The molecule has 1 aromatic carbocycles. The molecule has 1 fully saturated rings. The summed E-state index contributed by atoms with van der Waals surface area (Å²) in [5, 5.41) is 3.68. The molecule has 1 aliphatic carbocycles. The van der Waals surface area contributed by atoms with E-state index in [1.807, 2.05) is 45.0 Å². The van der Waals surface area contributed by atoms with Gasteiger partial charge in [0, 0.05) is 10.9 Å². The Labute approximate surface area is 134 Å². The van der Waals surface area contributed by atoms with E-state index in [2.05, 4.69) is 5.32 Å². The summed E-state index contributed by atoms with van der Waals surface area (Å²) in [4.78, 5) is 12.5. The van der Waals surface area contributed by atoms with Gasteiger partial charge >= 0.3 is 0 Å². The Bertz CT molecular complexity index is 514. The highest BCUT2D eigenvalue weighted by Gasteiger charge is 2.76. The van der Waals surface area contributed by atoms with Crippen molar-refractivity contribution >= 4 is 40.7 Å². The van der Waals surface area contributed by atoms with E-state index in [1.54, 1.807) is 0 Å². The van der Waals surface area contributed by atoms with Crippen molar-refractivity contribution in [1.29, 1.82) is 0 Å². The molecule has 1 saturated carbocycles. The lowest BCUT2D eigenvalue weighted by molar-refractivity contribution is -0.127. The van der Waals surface area contributed by atoms with Gasteiger partial charge in [0.15, 0.2) is 0 Å². The van der Waals surface area contributed by atoms with Gasteiger partial charge in [-0.15, -0.1) is 23.2 Å². The number of nitrogens with one attached hydrogen (secondary N) is 1. The van der Waals surface area contributed by atoms with E-state index in [4.69, 9.17) is 34.8 Å². The Kier molecular flexibility index (Phi) is 4.30. The van der Waals surface area contributed by atoms with Gasteiger partial charge in [-0.25, -0.2) is 0 Å². The summed E-state index contributed by atoms with van der Waals surface area (Å²) in [5.41, 5.74) is 0.314. The number of carbonyl (C=O) groups is 1. The highest BCUT2D eigenvalue weighted by Crippen LogP contribution is 2.70. The average molecular weight is 335 g/mol. The minimum atomic E-state index is -0.967. The van der Waals surface area contributed by atoms with Crippen molar-refractivity contribution in [2.75, 3.05) is 0 Å². The predicted octanol–water partition coefficient (Wildman–Crippen LogP) is 4.74. The zero-order valence-electron chi connectivity index (χ0n) is 11.7. The number of hydrogen-bond donors (Lipinski definition) is 1. The van der Waals surface area contributed by atoms with Gasteiger partial charge in [0.2, 0.25) is 5.91 Å². The van der Waals surface area contributed by atoms with Crippen LogP contribution in [0.3, 0.4) is 0 Å². The molecular formula is C15H18Cl3NO. The van der Waals surface area contributed by atoms with Gasteiger partial charge in [-0.3, -0.25) is 4.79 Å². The van der Waals surface area contributed by atoms with Gasteiger partial charge in [-0.05, 0) is 31.0 Å². The first-order valence-corrected chi connectivity index (χ1v) is 7.85. The Morgan fingerprint density at radius 3 is 2.25 bits per heavy atom. The highest BCUT2D eigenvalue weighted by molar-refractivity contribution is 6.53. The second kappa shape index (κ2) is 5.40. The van der Waals surface area contributed by atoms with Gasteiger partial charge in [0.05, 0.1) is 11.5 Å². The first kappa shape index (κ1) is 15.9. The van der Waals surface area contributed by atoms with Crippen LogP contribution in [0.5, 0.6) is 0 Å². The molecule has 110 valence electrons. The number of hydrogen-bond acceptors (Lipinski definition) is 1. The molecule has 0 bridgehead atoms. The third-order valence-electron chi connectivity index (χ3n) is 4.47. The largest absolute Gasteiger partial charge is 0.349 e. The molecular weight excluding hydrogens is 317 g/mol. The molecule has 1 aliphatic rings. The summed E-state index contributed by atoms with van der Waals surface area (Å²) in [7, 11) is 0. The number of alkyl halides is 2. The first-order chi connectivity index (χ1) is 9.27. The molecule has 0 heterocycles. The van der Waals surface area contributed by atoms with Crippen molar-refractivity contribution < 1.29 is 4.79 Å². The van der Waals surface area contributed by atoms with E-state index in [-0.39, 0.29) is 17.9 Å². The number of benzene rings is 1. The quantitative estimate of drug-likeness (QED) is 0.792. The zero-order chi connectivity index (χ0) is 15.1. The standard InChI is InChI=1S/C15H18Cl3NO/c1-4-14(10(3)15(14,17)18)13(20)19-9(2)11-5-7-12(16)8-6-11/h5-10H,4H2,1-3H3,(H,19,20)/t9-,10+,14+/m0/s1. The van der Waals surface area contributed by atoms with Crippen molar-refractivity contribution in [1.82, 2.24) is 5.32 Å². The fraction of sp³-hybridized carbons (Fsp3) is 0.533. The Morgan fingerprint density at radius 2 is 1.85 bits per heavy atom. The van der Waals surface area contributed by atoms with Crippen LogP contribution in [-0.4, -0.2) is 10.2 Å². The minimum absolute atomic E-state index is 0.0410. The lowest BCUT2D eigenvalue weighted by atomic mass is 9.98. The van der Waals surface area contributed by atoms with E-state index in [9.17, 15) is 4.79 Å². The van der Waals surface area contributed by atoms with E-state index >= 15 is 0 Å². The second-order valence-electron chi connectivity index (χ2n) is 5.42. The fourth-order valence-corrected chi connectivity index (χ4v) is 4.01. The van der Waals surface area contributed by atoms with Crippen LogP contribution >= 0.6 is 34.8 Å². The fourth-order valence-electron chi connectivity index (χ4n) is 2.85. The molecule has 1 amide bonds. The van der Waals surface area contributed by atoms with Gasteiger partial charge in [0.1, 0.15) is 4.33 Å². The van der Waals surface area contributed by atoms with Crippen LogP contribution in [0, 0.1) is 11.3 Å². The minimum Gasteiger partial charge on any atom is -0.349 e. The smallest absolute Gasteiger partial charge is 0.230 e. The summed E-state index contributed by atoms with van der Waals surface area (Å²) in [6.07, 6.45) is 0.625. The molecule has 20 heavy (non-hydrogen) atoms. The number of halogens is 3. The van der Waals surface area contributed by atoms with E-state index in [0.717, 1.165) is 5.56 Å². The van der Waals surface area contributed by atoms with E-state index in [1.165, 1.54) is 0 Å². The van der Waals surface area contributed by atoms with Gasteiger partial charge in [-0.2, -0.15) is 0 Å². The normalized spacial score (nSPS) is 28.8. The molecule has 0 spiro atoms. The van der Waals surface area contributed by atoms with Crippen LogP contribution in [0.25, 0.3) is 0 Å². The van der Waals surface area contributed by atoms with Crippen LogP contribution in [0.2, 0.25) is 5.02 Å². The molecule has 0 radical (unpaired) electrons. The molecule has 0 saturated heterocycles. The molecule has 5 heteroatoms. The van der Waals surface area contributed by atoms with Crippen LogP contribution in [0.15, 0.2) is 24.3 Å². The Balaban J connectivity index is 2.11. The highest BCUT2D eigenvalue weighted by atomic mass is 35.5. The molecule has 2 nitrogen and oxygen atoms in total. The molecule has 0 aliphatic heterocycles. The van der Waals surface area contributed by atoms with Crippen LogP contribution in [0.1, 0.15) is 38.8 Å². The summed E-state index contributed by atoms with van der Waals surface area (Å²) in [6.45, 7) is 5.78. The summed E-state index contributed by atoms with van der Waals surface area (Å²) in [6, 6.07) is 7.30. The average Bonchev–Trinajstić information content (AvgIpc) is 2.84. The van der Waals surface area contributed by atoms with E-state index in [0.29, 0.717) is 11.4 Å². The van der Waals surface area contributed by atoms with Crippen LogP contribution < -0.4 is 5.32 Å². The van der Waals surface area contributed by atoms with Crippen molar-refractivity contribution in [3.8, 4) is 0 Å². The summed E-state index contributed by atoms with van der Waals surface area (Å²) >= 11 is 18.4. The number of amides is 1. The molecule has 0 aromatic heterocycles. The van der Waals surface area contributed by atoms with Crippen molar-refractivity contribution in [3.63, 3.8) is 0 Å². The van der Waals surface area contributed by atoms with Crippen molar-refractivity contribution in [2.24, 2.45) is 11.3 Å². The second-order valence-corrected chi connectivity index (χ2v) is 7.24. The van der Waals surface area contributed by atoms with Crippen molar-refractivity contribution in [2.45, 2.75) is 37.6 Å².